The average Bonchev–Trinajstić information content (AvgIpc) is 3.10. The van der Waals surface area contributed by atoms with Crippen LogP contribution in [-0.2, 0) is 0 Å². The lowest BCUT2D eigenvalue weighted by atomic mass is 10.1. The number of nitrogens with zero attached hydrogens (tertiary/aromatic N) is 3. The van der Waals surface area contributed by atoms with Crippen molar-refractivity contribution < 1.29 is 8.78 Å². The highest BCUT2D eigenvalue weighted by atomic mass is 19.1. The highest BCUT2D eigenvalue weighted by Crippen LogP contribution is 2.31. The minimum Gasteiger partial charge on any atom is -0.397 e. The third-order valence-corrected chi connectivity index (χ3v) is 5.64. The van der Waals surface area contributed by atoms with Gasteiger partial charge in [0.2, 0.25) is 0 Å². The fourth-order valence-corrected chi connectivity index (χ4v) is 3.99. The lowest BCUT2D eigenvalue weighted by Crippen LogP contribution is -2.44. The smallest absolute Gasteiger partial charge is 0.261 e. The largest absolute Gasteiger partial charge is 0.397 e. The fourth-order valence-electron chi connectivity index (χ4n) is 3.99. The predicted molar refractivity (Wildman–Crippen MR) is 114 cm³/mol. The number of nitrogens with one attached hydrogen (secondary N) is 2. The van der Waals surface area contributed by atoms with E-state index in [0.717, 1.165) is 49.5 Å². The zero-order chi connectivity index (χ0) is 21.0. The maximum absolute atomic E-state index is 14.3. The number of aromatic amines is 2. The van der Waals surface area contributed by atoms with Crippen molar-refractivity contribution in [2.24, 2.45) is 0 Å². The van der Waals surface area contributed by atoms with Gasteiger partial charge in [-0.3, -0.25) is 4.79 Å². The Bertz CT molecular complexity index is 1340. The number of hydrogen-bond donors (Lipinski definition) is 3. The molecule has 7 nitrogen and oxygen atoms in total. The molecule has 30 heavy (non-hydrogen) atoms. The van der Waals surface area contributed by atoms with Crippen molar-refractivity contribution in [2.75, 3.05) is 43.9 Å². The summed E-state index contributed by atoms with van der Waals surface area (Å²) in [5.41, 5.74) is 7.99. The Labute approximate surface area is 170 Å². The number of aromatic nitrogens is 3. The van der Waals surface area contributed by atoms with Crippen LogP contribution in [0.1, 0.15) is 0 Å². The lowest BCUT2D eigenvalue weighted by molar-refractivity contribution is 0.313. The molecule has 3 heterocycles. The van der Waals surface area contributed by atoms with Gasteiger partial charge in [-0.25, -0.2) is 13.8 Å². The SMILES string of the molecule is CN1CCN(c2ccc3[nH]c(-c4c(N)c5c(F)cc(F)cc5[nH]c4=O)nc3c2)CC1. The number of anilines is 2. The number of fused-ring (bicyclic) bond motifs is 2. The standard InChI is InChI=1S/C21H20F2N6O/c1-28-4-6-29(7-5-28)12-2-3-14-15(10-12)26-20(25-14)18-19(24)17-13(23)8-11(22)9-16(17)27-21(18)30/h2-3,8-10H,4-7H2,1H3,(H,25,26)(H3,24,27,30). The molecule has 4 N–H and O–H groups in total. The summed E-state index contributed by atoms with van der Waals surface area (Å²) in [6, 6.07) is 7.65. The molecule has 0 unspecified atom stereocenters. The second-order valence-corrected chi connectivity index (χ2v) is 7.63. The molecule has 0 aliphatic carbocycles. The number of imidazole rings is 1. The van der Waals surface area contributed by atoms with Gasteiger partial charge in [-0.15, -0.1) is 0 Å². The fraction of sp³-hybridized carbons (Fsp3) is 0.238. The van der Waals surface area contributed by atoms with Crippen molar-refractivity contribution in [2.45, 2.75) is 0 Å². The average molecular weight is 410 g/mol. The zero-order valence-electron chi connectivity index (χ0n) is 16.3. The monoisotopic (exact) mass is 410 g/mol. The van der Waals surface area contributed by atoms with Crippen LogP contribution in [0.4, 0.5) is 20.2 Å². The van der Waals surface area contributed by atoms with Gasteiger partial charge in [0.25, 0.3) is 5.56 Å². The molecule has 0 spiro atoms. The number of rotatable bonds is 2. The highest BCUT2D eigenvalue weighted by Gasteiger charge is 2.20. The van der Waals surface area contributed by atoms with Crippen molar-refractivity contribution in [3.63, 3.8) is 0 Å². The summed E-state index contributed by atoms with van der Waals surface area (Å²) in [5, 5.41) is -0.0374. The van der Waals surface area contributed by atoms with Crippen molar-refractivity contribution in [1.29, 1.82) is 0 Å². The van der Waals surface area contributed by atoms with E-state index in [9.17, 15) is 13.6 Å². The minimum atomic E-state index is -0.839. The molecular formula is C21H20F2N6O. The van der Waals surface area contributed by atoms with Crippen LogP contribution < -0.4 is 16.2 Å². The number of likely N-dealkylation sites (N-methyl/N-ethyl adjacent to an activating group) is 1. The Morgan fingerprint density at radius 3 is 2.57 bits per heavy atom. The van der Waals surface area contributed by atoms with Crippen molar-refractivity contribution in [3.05, 3.63) is 52.3 Å². The van der Waals surface area contributed by atoms with E-state index in [4.69, 9.17) is 5.73 Å². The lowest BCUT2D eigenvalue weighted by Gasteiger charge is -2.34. The maximum atomic E-state index is 14.3. The molecule has 2 aromatic heterocycles. The Morgan fingerprint density at radius 1 is 1.03 bits per heavy atom. The van der Waals surface area contributed by atoms with Crippen LogP contribution in [0.5, 0.6) is 0 Å². The van der Waals surface area contributed by atoms with Gasteiger partial charge in [-0.1, -0.05) is 0 Å². The predicted octanol–water partition coefficient (Wildman–Crippen LogP) is 2.68. The summed E-state index contributed by atoms with van der Waals surface area (Å²) in [6.07, 6.45) is 0. The third-order valence-electron chi connectivity index (χ3n) is 5.64. The van der Waals surface area contributed by atoms with Gasteiger partial charge in [0, 0.05) is 37.9 Å². The first kappa shape index (κ1) is 18.6. The number of pyridine rings is 1. The number of H-pyrrole nitrogens is 2. The number of halogens is 2. The number of piperazine rings is 1. The Hall–Kier alpha value is -3.46. The maximum Gasteiger partial charge on any atom is 0.261 e. The summed E-state index contributed by atoms with van der Waals surface area (Å²) in [7, 11) is 2.10. The Morgan fingerprint density at radius 2 is 1.80 bits per heavy atom. The van der Waals surface area contributed by atoms with E-state index in [0.29, 0.717) is 5.52 Å². The highest BCUT2D eigenvalue weighted by molar-refractivity contribution is 5.98. The van der Waals surface area contributed by atoms with Crippen LogP contribution in [0.25, 0.3) is 33.3 Å². The van der Waals surface area contributed by atoms with Gasteiger partial charge in [0.1, 0.15) is 23.0 Å². The minimum absolute atomic E-state index is 0.00668. The van der Waals surface area contributed by atoms with Crippen LogP contribution in [0.15, 0.2) is 35.1 Å². The summed E-state index contributed by atoms with van der Waals surface area (Å²) in [5.74, 6) is -1.39. The molecule has 9 heteroatoms. The van der Waals surface area contributed by atoms with E-state index in [1.807, 2.05) is 18.2 Å². The number of hydrogen-bond acceptors (Lipinski definition) is 5. The molecule has 1 aliphatic rings. The van der Waals surface area contributed by atoms with E-state index in [2.05, 4.69) is 31.8 Å². The van der Waals surface area contributed by atoms with Gasteiger partial charge < -0.3 is 25.5 Å². The molecule has 0 atom stereocenters. The third kappa shape index (κ3) is 2.98. The number of nitrogen functional groups attached to an aromatic ring is 1. The quantitative estimate of drug-likeness (QED) is 0.472. The molecule has 2 aromatic carbocycles. The molecule has 1 saturated heterocycles. The molecule has 0 radical (unpaired) electrons. The van der Waals surface area contributed by atoms with Crippen LogP contribution in [-0.4, -0.2) is 53.1 Å². The van der Waals surface area contributed by atoms with Gasteiger partial charge in [0.15, 0.2) is 0 Å². The molecule has 0 bridgehead atoms. The molecule has 4 aromatic rings. The van der Waals surface area contributed by atoms with Gasteiger partial charge in [0.05, 0.1) is 27.6 Å². The summed E-state index contributed by atoms with van der Waals surface area (Å²) < 4.78 is 27.9. The van der Waals surface area contributed by atoms with E-state index < -0.39 is 17.2 Å². The number of nitrogens with two attached hydrogens (primary N) is 1. The van der Waals surface area contributed by atoms with Crippen LogP contribution in [0.3, 0.4) is 0 Å². The molecule has 1 aliphatic heterocycles. The van der Waals surface area contributed by atoms with E-state index in [-0.39, 0.29) is 28.0 Å². The first-order chi connectivity index (χ1) is 14.4. The molecule has 0 saturated carbocycles. The molecule has 0 amide bonds. The summed E-state index contributed by atoms with van der Waals surface area (Å²) >= 11 is 0. The van der Waals surface area contributed by atoms with Crippen molar-refractivity contribution in [3.8, 4) is 11.4 Å². The first-order valence-corrected chi connectivity index (χ1v) is 9.65. The van der Waals surface area contributed by atoms with Crippen LogP contribution in [0, 0.1) is 11.6 Å². The van der Waals surface area contributed by atoms with E-state index >= 15 is 0 Å². The molecular weight excluding hydrogens is 390 g/mol. The second-order valence-electron chi connectivity index (χ2n) is 7.63. The van der Waals surface area contributed by atoms with E-state index in [1.54, 1.807) is 0 Å². The molecule has 1 fully saturated rings. The number of benzene rings is 2. The van der Waals surface area contributed by atoms with Gasteiger partial charge in [-0.05, 0) is 31.3 Å². The van der Waals surface area contributed by atoms with Crippen molar-refractivity contribution in [1.82, 2.24) is 19.9 Å². The zero-order valence-corrected chi connectivity index (χ0v) is 16.3. The Kier molecular flexibility index (Phi) is 4.21. The van der Waals surface area contributed by atoms with Crippen LogP contribution in [0.2, 0.25) is 0 Å². The van der Waals surface area contributed by atoms with Crippen molar-refractivity contribution >= 4 is 33.3 Å². The van der Waals surface area contributed by atoms with E-state index in [1.165, 1.54) is 0 Å². The normalized spacial score (nSPS) is 15.4. The molecule has 154 valence electrons. The first-order valence-electron chi connectivity index (χ1n) is 9.65. The summed E-state index contributed by atoms with van der Waals surface area (Å²) in [6.45, 7) is 3.82. The topological polar surface area (TPSA) is 94.0 Å². The summed E-state index contributed by atoms with van der Waals surface area (Å²) in [4.78, 5) is 27.3. The Balaban J connectivity index is 1.61. The van der Waals surface area contributed by atoms with Gasteiger partial charge in [-0.2, -0.15) is 0 Å². The molecule has 5 rings (SSSR count). The second kappa shape index (κ2) is 6.81. The van der Waals surface area contributed by atoms with Gasteiger partial charge >= 0.3 is 0 Å². The van der Waals surface area contributed by atoms with Crippen LogP contribution >= 0.6 is 0 Å².